The third-order valence-corrected chi connectivity index (χ3v) is 4.86. The number of imidazole rings is 1. The number of aromatic nitrogens is 2. The highest BCUT2D eigenvalue weighted by Crippen LogP contribution is 2.26. The number of piperidine rings is 1. The normalized spacial score (nSPS) is 19.3. The van der Waals surface area contributed by atoms with Crippen LogP contribution in [-0.2, 0) is 6.54 Å². The van der Waals surface area contributed by atoms with E-state index >= 15 is 0 Å². The molecule has 5 nitrogen and oxygen atoms in total. The van der Waals surface area contributed by atoms with Crippen molar-refractivity contribution in [2.45, 2.75) is 38.0 Å². The second kappa shape index (κ2) is 7.01. The van der Waals surface area contributed by atoms with Gasteiger partial charge < -0.3 is 19.7 Å². The number of nitrogens with zero attached hydrogens (tertiary/aromatic N) is 3. The van der Waals surface area contributed by atoms with Gasteiger partial charge in [0.2, 0.25) is 0 Å². The van der Waals surface area contributed by atoms with Crippen LogP contribution < -0.4 is 0 Å². The minimum Gasteiger partial charge on any atom is -0.388 e. The first-order chi connectivity index (χ1) is 11.5. The summed E-state index contributed by atoms with van der Waals surface area (Å²) in [4.78, 5) is 6.33. The van der Waals surface area contributed by atoms with Gasteiger partial charge in [0.15, 0.2) is 0 Å². The molecule has 1 aromatic carbocycles. The molecule has 0 bridgehead atoms. The van der Waals surface area contributed by atoms with Crippen LogP contribution in [0.1, 0.15) is 30.3 Å². The first-order valence-corrected chi connectivity index (χ1v) is 8.31. The zero-order chi connectivity index (χ0) is 17.2. The first-order valence-electron chi connectivity index (χ1n) is 8.31. The molecular formula is C18H24FN3O2. The van der Waals surface area contributed by atoms with Crippen LogP contribution >= 0.6 is 0 Å². The smallest absolute Gasteiger partial charge is 0.123 e. The Balaban J connectivity index is 1.53. The van der Waals surface area contributed by atoms with E-state index in [9.17, 15) is 14.6 Å². The fourth-order valence-corrected chi connectivity index (χ4v) is 3.23. The summed E-state index contributed by atoms with van der Waals surface area (Å²) >= 11 is 0. The van der Waals surface area contributed by atoms with Crippen molar-refractivity contribution in [1.29, 1.82) is 0 Å². The number of benzene rings is 1. The van der Waals surface area contributed by atoms with Gasteiger partial charge in [-0.2, -0.15) is 0 Å². The van der Waals surface area contributed by atoms with E-state index in [1.54, 1.807) is 18.3 Å². The topological polar surface area (TPSA) is 61.5 Å². The van der Waals surface area contributed by atoms with Crippen molar-refractivity contribution in [3.8, 4) is 0 Å². The van der Waals surface area contributed by atoms with Crippen molar-refractivity contribution in [3.63, 3.8) is 0 Å². The molecule has 6 heteroatoms. The Morgan fingerprint density at radius 2 is 1.92 bits per heavy atom. The largest absolute Gasteiger partial charge is 0.388 e. The molecule has 1 atom stereocenters. The number of β-amino-alcohol motifs (C(OH)–C–C–N with tert-alkyl or cyclic N) is 1. The van der Waals surface area contributed by atoms with Gasteiger partial charge in [-0.05, 0) is 37.5 Å². The Labute approximate surface area is 141 Å². The molecule has 0 spiro atoms. The minimum atomic E-state index is -0.733. The van der Waals surface area contributed by atoms with Crippen LogP contribution in [0.15, 0.2) is 36.7 Å². The Bertz CT molecular complexity index is 663. The van der Waals surface area contributed by atoms with E-state index in [0.717, 1.165) is 18.9 Å². The SMILES string of the molecule is Cc1nccn1CC1(O)CCN(CC(O)c2ccc(F)cc2)CC1. The summed E-state index contributed by atoms with van der Waals surface area (Å²) in [6.07, 6.45) is 4.29. The lowest BCUT2D eigenvalue weighted by atomic mass is 9.91. The molecule has 130 valence electrons. The molecule has 2 aromatic rings. The number of hydrogen-bond donors (Lipinski definition) is 2. The molecule has 0 saturated carbocycles. The molecule has 0 aliphatic carbocycles. The maximum Gasteiger partial charge on any atom is 0.123 e. The van der Waals surface area contributed by atoms with Crippen LogP contribution in [-0.4, -0.2) is 49.9 Å². The fourth-order valence-electron chi connectivity index (χ4n) is 3.23. The van der Waals surface area contributed by atoms with Crippen molar-refractivity contribution < 1.29 is 14.6 Å². The summed E-state index contributed by atoms with van der Waals surface area (Å²) in [5.41, 5.74) is -0.0192. The van der Waals surface area contributed by atoms with E-state index in [4.69, 9.17) is 0 Å². The molecular weight excluding hydrogens is 309 g/mol. The molecule has 0 amide bonds. The van der Waals surface area contributed by atoms with Crippen molar-refractivity contribution in [2.75, 3.05) is 19.6 Å². The van der Waals surface area contributed by atoms with Gasteiger partial charge in [0.1, 0.15) is 11.6 Å². The van der Waals surface area contributed by atoms with E-state index in [-0.39, 0.29) is 5.82 Å². The van der Waals surface area contributed by atoms with Gasteiger partial charge >= 0.3 is 0 Å². The van der Waals surface area contributed by atoms with E-state index in [1.165, 1.54) is 12.1 Å². The highest BCUT2D eigenvalue weighted by Gasteiger charge is 2.33. The number of aryl methyl sites for hydroxylation is 1. The zero-order valence-electron chi connectivity index (χ0n) is 13.9. The predicted molar refractivity (Wildman–Crippen MR) is 88.9 cm³/mol. The average molecular weight is 333 g/mol. The second-order valence-corrected chi connectivity index (χ2v) is 6.69. The Kier molecular flexibility index (Phi) is 4.99. The monoisotopic (exact) mass is 333 g/mol. The summed E-state index contributed by atoms with van der Waals surface area (Å²) in [6.45, 7) is 4.42. The molecule has 1 saturated heterocycles. The lowest BCUT2D eigenvalue weighted by molar-refractivity contribution is -0.0418. The third-order valence-electron chi connectivity index (χ3n) is 4.86. The van der Waals surface area contributed by atoms with Crippen LogP contribution in [0.5, 0.6) is 0 Å². The lowest BCUT2D eigenvalue weighted by Gasteiger charge is -2.39. The molecule has 2 N–H and O–H groups in total. The summed E-state index contributed by atoms with van der Waals surface area (Å²) in [7, 11) is 0. The molecule has 1 fully saturated rings. The van der Waals surface area contributed by atoms with Gasteiger partial charge in [0, 0.05) is 32.0 Å². The van der Waals surface area contributed by atoms with Crippen molar-refractivity contribution in [3.05, 3.63) is 53.9 Å². The summed E-state index contributed by atoms with van der Waals surface area (Å²) < 4.78 is 14.9. The minimum absolute atomic E-state index is 0.302. The number of hydrogen-bond acceptors (Lipinski definition) is 4. The molecule has 1 unspecified atom stereocenters. The number of likely N-dealkylation sites (tertiary alicyclic amines) is 1. The highest BCUT2D eigenvalue weighted by atomic mass is 19.1. The molecule has 3 rings (SSSR count). The quantitative estimate of drug-likeness (QED) is 0.877. The number of halogens is 1. The Morgan fingerprint density at radius 3 is 2.50 bits per heavy atom. The lowest BCUT2D eigenvalue weighted by Crippen LogP contribution is -2.47. The first kappa shape index (κ1) is 17.1. The third kappa shape index (κ3) is 4.01. The van der Waals surface area contributed by atoms with Gasteiger partial charge in [-0.25, -0.2) is 9.37 Å². The summed E-state index contributed by atoms with van der Waals surface area (Å²) in [6, 6.07) is 5.95. The Hall–Kier alpha value is -1.76. The molecule has 0 radical (unpaired) electrons. The van der Waals surface area contributed by atoms with Crippen molar-refractivity contribution in [1.82, 2.24) is 14.5 Å². The molecule has 1 aliphatic rings. The van der Waals surface area contributed by atoms with Crippen LogP contribution in [0.4, 0.5) is 4.39 Å². The van der Waals surface area contributed by atoms with Crippen LogP contribution in [0.25, 0.3) is 0 Å². The predicted octanol–water partition coefficient (Wildman–Crippen LogP) is 1.89. The van der Waals surface area contributed by atoms with E-state index < -0.39 is 11.7 Å². The number of aliphatic hydroxyl groups is 2. The standard InChI is InChI=1S/C18H24FN3O2/c1-14-20-8-11-22(14)13-18(24)6-9-21(10-7-18)12-17(23)15-2-4-16(19)5-3-15/h2-5,8,11,17,23-24H,6-7,9-10,12-13H2,1H3. The maximum atomic E-state index is 13.0. The fraction of sp³-hybridized carbons (Fsp3) is 0.500. The van der Waals surface area contributed by atoms with E-state index in [2.05, 4.69) is 9.88 Å². The van der Waals surface area contributed by atoms with Crippen LogP contribution in [0.2, 0.25) is 0 Å². The van der Waals surface area contributed by atoms with E-state index in [1.807, 2.05) is 17.7 Å². The van der Waals surface area contributed by atoms with Gasteiger partial charge in [-0.15, -0.1) is 0 Å². The van der Waals surface area contributed by atoms with Crippen molar-refractivity contribution >= 4 is 0 Å². The van der Waals surface area contributed by atoms with Gasteiger partial charge in [-0.1, -0.05) is 12.1 Å². The molecule has 1 aromatic heterocycles. The van der Waals surface area contributed by atoms with Crippen LogP contribution in [0, 0.1) is 12.7 Å². The molecule has 24 heavy (non-hydrogen) atoms. The van der Waals surface area contributed by atoms with E-state index in [0.29, 0.717) is 31.5 Å². The number of aliphatic hydroxyl groups excluding tert-OH is 1. The summed E-state index contributed by atoms with van der Waals surface area (Å²) in [5.74, 6) is 0.598. The average Bonchev–Trinajstić information content (AvgIpc) is 2.95. The molecule has 1 aliphatic heterocycles. The summed E-state index contributed by atoms with van der Waals surface area (Å²) in [5, 5.41) is 21.1. The maximum absolute atomic E-state index is 13.0. The molecule has 2 heterocycles. The Morgan fingerprint density at radius 1 is 1.25 bits per heavy atom. The van der Waals surface area contributed by atoms with Gasteiger partial charge in [0.25, 0.3) is 0 Å². The number of rotatable bonds is 5. The second-order valence-electron chi connectivity index (χ2n) is 6.69. The highest BCUT2D eigenvalue weighted by molar-refractivity contribution is 5.18. The van der Waals surface area contributed by atoms with Gasteiger partial charge in [0.05, 0.1) is 18.2 Å². The van der Waals surface area contributed by atoms with Crippen molar-refractivity contribution in [2.24, 2.45) is 0 Å². The van der Waals surface area contributed by atoms with Gasteiger partial charge in [-0.3, -0.25) is 0 Å². The zero-order valence-corrected chi connectivity index (χ0v) is 13.9. The van der Waals surface area contributed by atoms with Crippen LogP contribution in [0.3, 0.4) is 0 Å².